The molecular formula is C14H22Cl3N3O2. The van der Waals surface area contributed by atoms with Crippen molar-refractivity contribution >= 4 is 34.8 Å². The number of likely N-dealkylation sites (N-methyl/N-ethyl adjacent to an activating group) is 1. The van der Waals surface area contributed by atoms with Crippen LogP contribution in [0.4, 0.5) is 0 Å². The van der Waals surface area contributed by atoms with Crippen LogP contribution in [0.25, 0.3) is 0 Å². The Morgan fingerprint density at radius 2 is 1.82 bits per heavy atom. The number of halogens is 3. The van der Waals surface area contributed by atoms with Gasteiger partial charge in [-0.15, -0.1) is 0 Å². The summed E-state index contributed by atoms with van der Waals surface area (Å²) in [5.74, 6) is -0.361. The van der Waals surface area contributed by atoms with E-state index in [1.54, 1.807) is 0 Å². The van der Waals surface area contributed by atoms with Gasteiger partial charge in [-0.2, -0.15) is 0 Å². The summed E-state index contributed by atoms with van der Waals surface area (Å²) in [5.41, 5.74) is -0.405. The minimum atomic E-state index is -1.56. The Kier molecular flexibility index (Phi) is 4.58. The molecule has 3 aliphatic rings. The summed E-state index contributed by atoms with van der Waals surface area (Å²) in [6.45, 7) is 3.61. The maximum Gasteiger partial charge on any atom is 0.238 e. The van der Waals surface area contributed by atoms with Crippen LogP contribution in [0.5, 0.6) is 0 Å². The van der Waals surface area contributed by atoms with Gasteiger partial charge in [0.1, 0.15) is 0 Å². The third kappa shape index (κ3) is 2.53. The number of alkyl halides is 3. The smallest absolute Gasteiger partial charge is 0.238 e. The molecular weight excluding hydrogens is 349 g/mol. The van der Waals surface area contributed by atoms with Crippen LogP contribution in [0.15, 0.2) is 0 Å². The molecule has 2 aliphatic carbocycles. The molecule has 0 unspecified atom stereocenters. The molecule has 126 valence electrons. The first-order valence-corrected chi connectivity index (χ1v) is 9.05. The van der Waals surface area contributed by atoms with Crippen LogP contribution >= 0.6 is 34.8 Å². The molecule has 1 heterocycles. The van der Waals surface area contributed by atoms with E-state index in [0.717, 1.165) is 51.9 Å². The van der Waals surface area contributed by atoms with Gasteiger partial charge in [0.25, 0.3) is 0 Å². The molecule has 3 fully saturated rings. The Balaban J connectivity index is 1.93. The quantitative estimate of drug-likeness (QED) is 0.426. The lowest BCUT2D eigenvalue weighted by molar-refractivity contribution is -0.581. The van der Waals surface area contributed by atoms with Crippen molar-refractivity contribution in [1.29, 1.82) is 0 Å². The predicted molar refractivity (Wildman–Crippen MR) is 88.3 cm³/mol. The molecule has 0 radical (unpaired) electrons. The highest BCUT2D eigenvalue weighted by molar-refractivity contribution is 6.67. The van der Waals surface area contributed by atoms with E-state index >= 15 is 0 Å². The van der Waals surface area contributed by atoms with Crippen molar-refractivity contribution in [3.05, 3.63) is 10.1 Å². The Labute approximate surface area is 146 Å². The molecule has 8 heteroatoms. The third-order valence-electron chi connectivity index (χ3n) is 5.97. The van der Waals surface area contributed by atoms with Crippen LogP contribution < -0.4 is 0 Å². The van der Waals surface area contributed by atoms with Gasteiger partial charge < -0.3 is 4.90 Å². The number of hydrogen-bond donors (Lipinski definition) is 0. The number of fused-ring (bicyclic) bond motifs is 1. The number of nitro groups is 1. The molecule has 4 atom stereocenters. The van der Waals surface area contributed by atoms with E-state index in [9.17, 15) is 10.1 Å². The molecule has 0 spiro atoms. The van der Waals surface area contributed by atoms with Gasteiger partial charge in [-0.05, 0) is 25.8 Å². The summed E-state index contributed by atoms with van der Waals surface area (Å²) in [5, 5.41) is 11.8. The van der Waals surface area contributed by atoms with Gasteiger partial charge in [0.15, 0.2) is 3.79 Å². The first kappa shape index (κ1) is 17.0. The molecule has 0 amide bonds. The number of rotatable bonds is 2. The summed E-state index contributed by atoms with van der Waals surface area (Å²) in [4.78, 5) is 16.2. The van der Waals surface area contributed by atoms with Crippen LogP contribution in [-0.2, 0) is 0 Å². The third-order valence-corrected chi connectivity index (χ3v) is 6.72. The predicted octanol–water partition coefficient (Wildman–Crippen LogP) is 2.81. The van der Waals surface area contributed by atoms with Crippen LogP contribution in [0, 0.1) is 22.0 Å². The van der Waals surface area contributed by atoms with Gasteiger partial charge >= 0.3 is 0 Å². The summed E-state index contributed by atoms with van der Waals surface area (Å²) in [7, 11) is 2.09. The largest absolute Gasteiger partial charge is 0.304 e. The van der Waals surface area contributed by atoms with E-state index in [-0.39, 0.29) is 10.8 Å². The molecule has 1 aliphatic heterocycles. The minimum Gasteiger partial charge on any atom is -0.304 e. The molecule has 0 aromatic heterocycles. The van der Waals surface area contributed by atoms with Gasteiger partial charge in [0.2, 0.25) is 6.04 Å². The zero-order valence-electron chi connectivity index (χ0n) is 12.7. The Bertz CT molecular complexity index is 451. The number of hydrogen-bond acceptors (Lipinski definition) is 4. The number of piperazine rings is 1. The molecule has 0 aromatic carbocycles. The standard InChI is InChI=1S/C14H22Cl3N3O2/c1-18-6-8-19(9-7-18)13-5-3-2-4-10(13)11(14(15,16)17)12(13)20(21)22/h10-12H,2-9H2,1H3/t10-,11-,12+,13+/m0/s1. The Morgan fingerprint density at radius 1 is 1.18 bits per heavy atom. The lowest BCUT2D eigenvalue weighted by Gasteiger charge is -2.65. The Morgan fingerprint density at radius 3 is 2.36 bits per heavy atom. The molecule has 3 rings (SSSR count). The molecule has 1 saturated heterocycles. The normalized spacial score (nSPS) is 40.8. The fraction of sp³-hybridized carbons (Fsp3) is 1.00. The molecule has 0 bridgehead atoms. The van der Waals surface area contributed by atoms with Crippen molar-refractivity contribution in [3.63, 3.8) is 0 Å². The lowest BCUT2D eigenvalue weighted by atomic mass is 9.49. The first-order valence-electron chi connectivity index (χ1n) is 7.92. The van der Waals surface area contributed by atoms with E-state index in [0.29, 0.717) is 0 Å². The maximum atomic E-state index is 11.8. The van der Waals surface area contributed by atoms with E-state index in [1.807, 2.05) is 0 Å². The molecule has 5 nitrogen and oxygen atoms in total. The van der Waals surface area contributed by atoms with Crippen LogP contribution in [-0.4, -0.2) is 63.3 Å². The van der Waals surface area contributed by atoms with E-state index in [2.05, 4.69) is 16.8 Å². The van der Waals surface area contributed by atoms with Crippen molar-refractivity contribution in [2.45, 2.75) is 41.1 Å². The second-order valence-electron chi connectivity index (χ2n) is 6.93. The van der Waals surface area contributed by atoms with Crippen LogP contribution in [0.2, 0.25) is 0 Å². The van der Waals surface area contributed by atoms with Crippen molar-refractivity contribution in [1.82, 2.24) is 9.80 Å². The summed E-state index contributed by atoms with van der Waals surface area (Å²) < 4.78 is -1.56. The average molecular weight is 371 g/mol. The number of nitrogens with zero attached hydrogens (tertiary/aromatic N) is 3. The highest BCUT2D eigenvalue weighted by Crippen LogP contribution is 2.63. The maximum absolute atomic E-state index is 11.8. The van der Waals surface area contributed by atoms with Gasteiger partial charge in [-0.25, -0.2) is 0 Å². The molecule has 0 N–H and O–H groups in total. The summed E-state index contributed by atoms with van der Waals surface area (Å²) >= 11 is 18.4. The summed E-state index contributed by atoms with van der Waals surface area (Å²) in [6, 6.07) is -0.770. The van der Waals surface area contributed by atoms with Gasteiger partial charge in [0.05, 0.1) is 11.5 Å². The fourth-order valence-corrected chi connectivity index (χ4v) is 5.82. The zero-order valence-corrected chi connectivity index (χ0v) is 14.9. The molecule has 0 aromatic rings. The average Bonchev–Trinajstić information content (AvgIpc) is 2.39. The van der Waals surface area contributed by atoms with Crippen molar-refractivity contribution in [2.75, 3.05) is 33.2 Å². The Hall–Kier alpha value is 0.190. The monoisotopic (exact) mass is 369 g/mol. The molecule has 22 heavy (non-hydrogen) atoms. The highest BCUT2D eigenvalue weighted by Gasteiger charge is 2.75. The highest BCUT2D eigenvalue weighted by atomic mass is 35.6. The van der Waals surface area contributed by atoms with Crippen LogP contribution in [0.3, 0.4) is 0 Å². The van der Waals surface area contributed by atoms with Crippen LogP contribution in [0.1, 0.15) is 25.7 Å². The van der Waals surface area contributed by atoms with Gasteiger partial charge in [-0.1, -0.05) is 47.6 Å². The van der Waals surface area contributed by atoms with Crippen molar-refractivity contribution in [3.8, 4) is 0 Å². The molecule has 2 saturated carbocycles. The van der Waals surface area contributed by atoms with E-state index < -0.39 is 21.3 Å². The van der Waals surface area contributed by atoms with Gasteiger partial charge in [-0.3, -0.25) is 15.0 Å². The SMILES string of the molecule is CN1CCN([C@]23CCCC[C@H]2[C@H](C(Cl)(Cl)Cl)[C@H]3[N+](=O)[O-])CC1. The summed E-state index contributed by atoms with van der Waals surface area (Å²) in [6.07, 6.45) is 3.88. The lowest BCUT2D eigenvalue weighted by Crippen LogP contribution is -2.80. The fourth-order valence-electron chi connectivity index (χ4n) is 5.00. The van der Waals surface area contributed by atoms with E-state index in [4.69, 9.17) is 34.8 Å². The van der Waals surface area contributed by atoms with E-state index in [1.165, 1.54) is 0 Å². The zero-order chi connectivity index (χ0) is 16.1. The van der Waals surface area contributed by atoms with Gasteiger partial charge in [0, 0.05) is 31.1 Å². The van der Waals surface area contributed by atoms with Crippen molar-refractivity contribution < 1.29 is 4.92 Å². The topological polar surface area (TPSA) is 49.6 Å². The first-order chi connectivity index (χ1) is 10.3. The second-order valence-corrected chi connectivity index (χ2v) is 9.30. The minimum absolute atomic E-state index is 0.118. The van der Waals surface area contributed by atoms with Crippen molar-refractivity contribution in [2.24, 2.45) is 11.8 Å². The second kappa shape index (κ2) is 5.92.